The zero-order valence-corrected chi connectivity index (χ0v) is 11.4. The fourth-order valence-electron chi connectivity index (χ4n) is 1.84. The van der Waals surface area contributed by atoms with Crippen LogP contribution in [0.4, 0.5) is 4.39 Å². The van der Waals surface area contributed by atoms with Gasteiger partial charge >= 0.3 is 0 Å². The number of benzene rings is 1. The normalized spacial score (nSPS) is 10.3. The Morgan fingerprint density at radius 2 is 2.25 bits per heavy atom. The first-order valence-corrected chi connectivity index (χ1v) is 6.13. The molecular formula is C14H15FN4O. The topological polar surface area (TPSA) is 59.8 Å². The highest BCUT2D eigenvalue weighted by Gasteiger charge is 2.18. The number of halogens is 1. The van der Waals surface area contributed by atoms with E-state index >= 15 is 0 Å². The van der Waals surface area contributed by atoms with E-state index < -0.39 is 0 Å². The Balaban J connectivity index is 2.40. The summed E-state index contributed by atoms with van der Waals surface area (Å²) in [5, 5.41) is 10.4. The van der Waals surface area contributed by atoms with E-state index in [1.54, 1.807) is 32.1 Å². The molecule has 1 heterocycles. The average molecular weight is 274 g/mol. The van der Waals surface area contributed by atoms with Crippen LogP contribution in [0.3, 0.4) is 0 Å². The van der Waals surface area contributed by atoms with E-state index in [9.17, 15) is 9.18 Å². The number of rotatable bonds is 4. The van der Waals surface area contributed by atoms with Gasteiger partial charge in [-0.05, 0) is 26.0 Å². The van der Waals surface area contributed by atoms with Crippen LogP contribution in [0.5, 0.6) is 0 Å². The molecule has 0 aliphatic heterocycles. The van der Waals surface area contributed by atoms with Gasteiger partial charge in [-0.15, -0.1) is 11.7 Å². The molecule has 0 aliphatic rings. The van der Waals surface area contributed by atoms with Gasteiger partial charge in [0.15, 0.2) is 5.69 Å². The molecule has 1 amide bonds. The second-order valence-electron chi connectivity index (χ2n) is 4.32. The smallest absolute Gasteiger partial charge is 0.274 e. The lowest BCUT2D eigenvalue weighted by Crippen LogP contribution is -2.24. The first-order chi connectivity index (χ1) is 9.56. The second-order valence-corrected chi connectivity index (χ2v) is 4.32. The van der Waals surface area contributed by atoms with Crippen LogP contribution in [0.1, 0.15) is 21.7 Å². The quantitative estimate of drug-likeness (QED) is 0.867. The molecule has 2 rings (SSSR count). The van der Waals surface area contributed by atoms with Gasteiger partial charge < -0.3 is 5.32 Å². The molecule has 0 aliphatic carbocycles. The third kappa shape index (κ3) is 2.45. The average Bonchev–Trinajstić information content (AvgIpc) is 2.81. The molecule has 0 saturated carbocycles. The maximum atomic E-state index is 13.6. The van der Waals surface area contributed by atoms with E-state index in [0.29, 0.717) is 23.5 Å². The Morgan fingerprint density at radius 3 is 2.95 bits per heavy atom. The molecule has 0 spiro atoms. The largest absolute Gasteiger partial charge is 0.347 e. The Morgan fingerprint density at radius 1 is 1.50 bits per heavy atom. The minimum absolute atomic E-state index is 0.218. The molecular weight excluding hydrogens is 259 g/mol. The highest BCUT2D eigenvalue weighted by molar-refractivity contribution is 5.93. The fourth-order valence-corrected chi connectivity index (χ4v) is 1.84. The van der Waals surface area contributed by atoms with Crippen molar-refractivity contribution in [3.8, 4) is 5.69 Å². The minimum Gasteiger partial charge on any atom is -0.347 e. The van der Waals surface area contributed by atoms with Crippen molar-refractivity contribution in [3.05, 3.63) is 53.6 Å². The van der Waals surface area contributed by atoms with Gasteiger partial charge in [-0.1, -0.05) is 17.4 Å². The van der Waals surface area contributed by atoms with Crippen molar-refractivity contribution in [2.24, 2.45) is 0 Å². The molecule has 0 saturated heterocycles. The maximum absolute atomic E-state index is 13.6. The van der Waals surface area contributed by atoms with Crippen molar-refractivity contribution in [1.29, 1.82) is 0 Å². The molecule has 1 N–H and O–H groups in total. The zero-order chi connectivity index (χ0) is 14.7. The van der Waals surface area contributed by atoms with Crippen LogP contribution in [-0.4, -0.2) is 27.4 Å². The standard InChI is InChI=1S/C14H15FN4O/c1-4-8-16-14(20)13-10(3)19(18-17-13)12-7-5-6-11(15)9(12)2/h4-7H,1,8H2,2-3H3,(H,16,20). The predicted octanol–water partition coefficient (Wildman–Crippen LogP) is 1.94. The molecule has 104 valence electrons. The minimum atomic E-state index is -0.331. The van der Waals surface area contributed by atoms with Gasteiger partial charge in [-0.3, -0.25) is 4.79 Å². The van der Waals surface area contributed by atoms with Gasteiger partial charge in [-0.25, -0.2) is 9.07 Å². The van der Waals surface area contributed by atoms with Crippen LogP contribution in [0.25, 0.3) is 5.69 Å². The van der Waals surface area contributed by atoms with E-state index in [2.05, 4.69) is 22.2 Å². The number of carbonyl (C=O) groups is 1. The Bertz CT molecular complexity index is 663. The molecule has 6 heteroatoms. The SMILES string of the molecule is C=CCNC(=O)c1nnn(-c2cccc(F)c2C)c1C. The highest BCUT2D eigenvalue weighted by atomic mass is 19.1. The lowest BCUT2D eigenvalue weighted by atomic mass is 10.2. The summed E-state index contributed by atoms with van der Waals surface area (Å²) in [5.41, 5.74) is 1.80. The number of amides is 1. The van der Waals surface area contributed by atoms with Crippen LogP contribution in [-0.2, 0) is 0 Å². The van der Waals surface area contributed by atoms with E-state index in [0.717, 1.165) is 0 Å². The fraction of sp³-hybridized carbons (Fsp3) is 0.214. The molecule has 2 aromatic rings. The molecule has 5 nitrogen and oxygen atoms in total. The summed E-state index contributed by atoms with van der Waals surface area (Å²) in [6.45, 7) is 7.25. The number of carbonyl (C=O) groups excluding carboxylic acids is 1. The molecule has 0 fully saturated rings. The third-order valence-corrected chi connectivity index (χ3v) is 2.98. The monoisotopic (exact) mass is 274 g/mol. The van der Waals surface area contributed by atoms with Crippen LogP contribution in [0.15, 0.2) is 30.9 Å². The van der Waals surface area contributed by atoms with Gasteiger partial charge in [0.2, 0.25) is 0 Å². The maximum Gasteiger partial charge on any atom is 0.274 e. The number of nitrogens with zero attached hydrogens (tertiary/aromatic N) is 3. The molecule has 0 unspecified atom stereocenters. The van der Waals surface area contributed by atoms with Crippen LogP contribution >= 0.6 is 0 Å². The summed E-state index contributed by atoms with van der Waals surface area (Å²) < 4.78 is 15.0. The van der Waals surface area contributed by atoms with Crippen molar-refractivity contribution in [1.82, 2.24) is 20.3 Å². The Kier molecular flexibility index (Phi) is 3.93. The molecule has 0 bridgehead atoms. The molecule has 0 radical (unpaired) electrons. The third-order valence-electron chi connectivity index (χ3n) is 2.98. The lowest BCUT2D eigenvalue weighted by Gasteiger charge is -2.07. The lowest BCUT2D eigenvalue weighted by molar-refractivity contribution is 0.0952. The summed E-state index contributed by atoms with van der Waals surface area (Å²) in [6, 6.07) is 4.70. The van der Waals surface area contributed by atoms with Crippen LogP contribution in [0.2, 0.25) is 0 Å². The van der Waals surface area contributed by atoms with E-state index in [1.165, 1.54) is 10.7 Å². The molecule has 1 aromatic carbocycles. The first kappa shape index (κ1) is 13.9. The number of hydrogen-bond acceptors (Lipinski definition) is 3. The number of hydrogen-bond donors (Lipinski definition) is 1. The summed E-state index contributed by atoms with van der Waals surface area (Å²) in [5.74, 6) is -0.655. The summed E-state index contributed by atoms with van der Waals surface area (Å²) in [6.07, 6.45) is 1.58. The Labute approximate surface area is 116 Å². The summed E-state index contributed by atoms with van der Waals surface area (Å²) in [7, 11) is 0. The molecule has 1 aromatic heterocycles. The van der Waals surface area contributed by atoms with Gasteiger partial charge in [0.05, 0.1) is 11.4 Å². The Hall–Kier alpha value is -2.50. The van der Waals surface area contributed by atoms with Gasteiger partial charge in [0, 0.05) is 12.1 Å². The van der Waals surface area contributed by atoms with E-state index in [-0.39, 0.29) is 17.4 Å². The van der Waals surface area contributed by atoms with Crippen LogP contribution in [0, 0.1) is 19.7 Å². The summed E-state index contributed by atoms with van der Waals surface area (Å²) in [4.78, 5) is 11.9. The van der Waals surface area contributed by atoms with Gasteiger partial charge in [0.25, 0.3) is 5.91 Å². The van der Waals surface area contributed by atoms with Crippen molar-refractivity contribution in [3.63, 3.8) is 0 Å². The van der Waals surface area contributed by atoms with Crippen molar-refractivity contribution < 1.29 is 9.18 Å². The molecule has 0 atom stereocenters. The summed E-state index contributed by atoms with van der Waals surface area (Å²) >= 11 is 0. The van der Waals surface area contributed by atoms with Gasteiger partial charge in [0.1, 0.15) is 5.82 Å². The molecule has 20 heavy (non-hydrogen) atoms. The van der Waals surface area contributed by atoms with Crippen molar-refractivity contribution in [2.45, 2.75) is 13.8 Å². The highest BCUT2D eigenvalue weighted by Crippen LogP contribution is 2.18. The van der Waals surface area contributed by atoms with Crippen molar-refractivity contribution >= 4 is 5.91 Å². The van der Waals surface area contributed by atoms with Crippen molar-refractivity contribution in [2.75, 3.05) is 6.54 Å². The van der Waals surface area contributed by atoms with Gasteiger partial charge in [-0.2, -0.15) is 0 Å². The van der Waals surface area contributed by atoms with Crippen LogP contribution < -0.4 is 5.32 Å². The van der Waals surface area contributed by atoms with E-state index in [4.69, 9.17) is 0 Å². The number of nitrogens with one attached hydrogen (secondary N) is 1. The first-order valence-electron chi connectivity index (χ1n) is 6.13. The zero-order valence-electron chi connectivity index (χ0n) is 11.4. The predicted molar refractivity (Wildman–Crippen MR) is 73.3 cm³/mol. The number of aromatic nitrogens is 3. The second kappa shape index (κ2) is 5.64. The van der Waals surface area contributed by atoms with E-state index in [1.807, 2.05) is 0 Å².